The van der Waals surface area contributed by atoms with Crippen LogP contribution >= 0.6 is 11.3 Å². The molecule has 3 rings (SSSR count). The minimum absolute atomic E-state index is 0.0792. The second-order valence-corrected chi connectivity index (χ2v) is 7.76. The van der Waals surface area contributed by atoms with Crippen LogP contribution in [0.2, 0.25) is 0 Å². The van der Waals surface area contributed by atoms with Crippen LogP contribution < -0.4 is 20.1 Å². The summed E-state index contributed by atoms with van der Waals surface area (Å²) in [6.07, 6.45) is 0. The Labute approximate surface area is 189 Å². The standard InChI is InChI=1S/C23H23N3O5S/c1-14(27)18-8-9-20(21(10-18)30-3)31-12-22(29)26-23-25-19(13-32-23)17-6-4-16(5-7-17)11-24-15(2)28/h4-10,13H,11-12H2,1-3H3,(H,24,28)(H,25,26,29). The van der Waals surface area contributed by atoms with Gasteiger partial charge in [0.15, 0.2) is 29.0 Å². The molecule has 166 valence electrons. The maximum Gasteiger partial charge on any atom is 0.264 e. The summed E-state index contributed by atoms with van der Waals surface area (Å²) in [6, 6.07) is 12.5. The van der Waals surface area contributed by atoms with Crippen molar-refractivity contribution in [3.8, 4) is 22.8 Å². The van der Waals surface area contributed by atoms with E-state index in [1.807, 2.05) is 29.6 Å². The van der Waals surface area contributed by atoms with Gasteiger partial charge in [-0.15, -0.1) is 11.3 Å². The Kier molecular flexibility index (Phi) is 7.56. The molecule has 0 bridgehead atoms. The summed E-state index contributed by atoms with van der Waals surface area (Å²) in [4.78, 5) is 39.2. The summed E-state index contributed by atoms with van der Waals surface area (Å²) in [5, 5.41) is 7.77. The number of amides is 2. The SMILES string of the molecule is COc1cc(C(C)=O)ccc1OCC(=O)Nc1nc(-c2ccc(CNC(C)=O)cc2)cs1. The van der Waals surface area contributed by atoms with Gasteiger partial charge >= 0.3 is 0 Å². The zero-order valence-corrected chi connectivity index (χ0v) is 18.7. The molecule has 0 saturated heterocycles. The number of methoxy groups -OCH3 is 1. The van der Waals surface area contributed by atoms with Crippen LogP contribution in [0, 0.1) is 0 Å². The lowest BCUT2D eigenvalue weighted by atomic mass is 10.1. The van der Waals surface area contributed by atoms with Crippen molar-refractivity contribution in [2.24, 2.45) is 0 Å². The molecule has 8 nitrogen and oxygen atoms in total. The van der Waals surface area contributed by atoms with Gasteiger partial charge in [0.25, 0.3) is 5.91 Å². The number of thiazole rings is 1. The molecule has 0 aliphatic carbocycles. The summed E-state index contributed by atoms with van der Waals surface area (Å²) < 4.78 is 10.8. The van der Waals surface area contributed by atoms with E-state index in [-0.39, 0.29) is 24.2 Å². The van der Waals surface area contributed by atoms with Crippen LogP contribution in [-0.4, -0.2) is 36.3 Å². The molecule has 0 atom stereocenters. The van der Waals surface area contributed by atoms with Crippen molar-refractivity contribution in [1.29, 1.82) is 0 Å². The molecule has 0 saturated carbocycles. The smallest absolute Gasteiger partial charge is 0.264 e. The topological polar surface area (TPSA) is 107 Å². The maximum absolute atomic E-state index is 12.3. The zero-order valence-electron chi connectivity index (χ0n) is 17.9. The Morgan fingerprint density at radius 1 is 1.03 bits per heavy atom. The highest BCUT2D eigenvalue weighted by Crippen LogP contribution is 2.29. The van der Waals surface area contributed by atoms with E-state index in [0.29, 0.717) is 28.7 Å². The average molecular weight is 454 g/mol. The molecule has 0 fully saturated rings. The van der Waals surface area contributed by atoms with Crippen molar-refractivity contribution in [1.82, 2.24) is 10.3 Å². The summed E-state index contributed by atoms with van der Waals surface area (Å²) in [6.45, 7) is 3.18. The van der Waals surface area contributed by atoms with E-state index in [4.69, 9.17) is 9.47 Å². The third kappa shape index (κ3) is 6.14. The van der Waals surface area contributed by atoms with Gasteiger partial charge in [0.1, 0.15) is 0 Å². The van der Waals surface area contributed by atoms with Gasteiger partial charge in [-0.3, -0.25) is 19.7 Å². The molecule has 2 amide bonds. The van der Waals surface area contributed by atoms with Gasteiger partial charge in [0.05, 0.1) is 12.8 Å². The first-order chi connectivity index (χ1) is 15.4. The highest BCUT2D eigenvalue weighted by Gasteiger charge is 2.12. The first kappa shape index (κ1) is 23.0. The number of nitrogens with zero attached hydrogens (tertiary/aromatic N) is 1. The number of rotatable bonds is 9. The average Bonchev–Trinajstić information content (AvgIpc) is 3.24. The molecule has 3 aromatic rings. The van der Waals surface area contributed by atoms with Crippen molar-refractivity contribution in [2.45, 2.75) is 20.4 Å². The van der Waals surface area contributed by atoms with Crippen LogP contribution in [0.25, 0.3) is 11.3 Å². The highest BCUT2D eigenvalue weighted by molar-refractivity contribution is 7.14. The molecule has 32 heavy (non-hydrogen) atoms. The molecule has 2 N–H and O–H groups in total. The lowest BCUT2D eigenvalue weighted by molar-refractivity contribution is -0.119. The van der Waals surface area contributed by atoms with Crippen LogP contribution in [0.1, 0.15) is 29.8 Å². The van der Waals surface area contributed by atoms with Crippen LogP contribution in [0.5, 0.6) is 11.5 Å². The van der Waals surface area contributed by atoms with Gasteiger partial charge in [0.2, 0.25) is 5.91 Å². The lowest BCUT2D eigenvalue weighted by Crippen LogP contribution is -2.20. The Bertz CT molecular complexity index is 1120. The van der Waals surface area contributed by atoms with Crippen LogP contribution in [0.3, 0.4) is 0 Å². The number of anilines is 1. The third-order valence-corrected chi connectivity index (χ3v) is 5.23. The fourth-order valence-corrected chi connectivity index (χ4v) is 3.52. The van der Waals surface area contributed by atoms with E-state index in [9.17, 15) is 14.4 Å². The Morgan fingerprint density at radius 2 is 1.78 bits per heavy atom. The number of nitrogens with one attached hydrogen (secondary N) is 2. The van der Waals surface area contributed by atoms with E-state index < -0.39 is 0 Å². The van der Waals surface area contributed by atoms with Crippen molar-refractivity contribution in [3.63, 3.8) is 0 Å². The summed E-state index contributed by atoms with van der Waals surface area (Å²) in [7, 11) is 1.47. The Balaban J connectivity index is 1.57. The second-order valence-electron chi connectivity index (χ2n) is 6.90. The van der Waals surface area contributed by atoms with Crippen LogP contribution in [0.15, 0.2) is 47.8 Å². The molecule has 0 radical (unpaired) electrons. The number of carbonyl (C=O) groups excluding carboxylic acids is 3. The molecule has 2 aromatic carbocycles. The number of aromatic nitrogens is 1. The predicted molar refractivity (Wildman–Crippen MR) is 122 cm³/mol. The van der Waals surface area contributed by atoms with E-state index in [1.165, 1.54) is 32.3 Å². The van der Waals surface area contributed by atoms with Gasteiger partial charge in [-0.25, -0.2) is 4.98 Å². The minimum atomic E-state index is -0.366. The Hall–Kier alpha value is -3.72. The summed E-state index contributed by atoms with van der Waals surface area (Å²) in [5.74, 6) is 0.212. The lowest BCUT2D eigenvalue weighted by Gasteiger charge is -2.11. The van der Waals surface area contributed by atoms with Gasteiger partial charge in [-0.05, 0) is 30.7 Å². The van der Waals surface area contributed by atoms with Crippen molar-refractivity contribution in [2.75, 3.05) is 19.0 Å². The van der Waals surface area contributed by atoms with Gasteiger partial charge in [0, 0.05) is 30.0 Å². The first-order valence-corrected chi connectivity index (χ1v) is 10.6. The zero-order chi connectivity index (χ0) is 23.1. The predicted octanol–water partition coefficient (Wildman–Crippen LogP) is 3.67. The van der Waals surface area contributed by atoms with Crippen LogP contribution in [-0.2, 0) is 16.1 Å². The fourth-order valence-electron chi connectivity index (χ4n) is 2.79. The van der Waals surface area contributed by atoms with Crippen LogP contribution in [0.4, 0.5) is 5.13 Å². The van der Waals surface area contributed by atoms with Crippen molar-refractivity contribution < 1.29 is 23.9 Å². The molecule has 0 spiro atoms. The maximum atomic E-state index is 12.3. The Morgan fingerprint density at radius 3 is 2.44 bits per heavy atom. The number of Topliss-reactive ketones (excluding diaryl/α,β-unsaturated/α-hetero) is 1. The number of ketones is 1. The van der Waals surface area contributed by atoms with Gasteiger partial charge < -0.3 is 14.8 Å². The monoisotopic (exact) mass is 453 g/mol. The molecule has 0 aliphatic heterocycles. The normalized spacial score (nSPS) is 10.3. The first-order valence-electron chi connectivity index (χ1n) is 9.76. The summed E-state index contributed by atoms with van der Waals surface area (Å²) >= 11 is 1.31. The number of hydrogen-bond acceptors (Lipinski definition) is 7. The molecule has 9 heteroatoms. The molecular weight excluding hydrogens is 430 g/mol. The number of carbonyl (C=O) groups is 3. The van der Waals surface area contributed by atoms with Gasteiger partial charge in [-0.2, -0.15) is 0 Å². The highest BCUT2D eigenvalue weighted by atomic mass is 32.1. The molecule has 0 unspecified atom stereocenters. The number of benzene rings is 2. The summed E-state index contributed by atoms with van der Waals surface area (Å²) in [5.41, 5.74) is 3.12. The van der Waals surface area contributed by atoms with Gasteiger partial charge in [-0.1, -0.05) is 24.3 Å². The molecule has 1 aromatic heterocycles. The van der Waals surface area contributed by atoms with E-state index in [0.717, 1.165) is 16.8 Å². The fraction of sp³-hybridized carbons (Fsp3) is 0.217. The minimum Gasteiger partial charge on any atom is -0.493 e. The van der Waals surface area contributed by atoms with E-state index in [2.05, 4.69) is 15.6 Å². The quantitative estimate of drug-likeness (QED) is 0.479. The largest absolute Gasteiger partial charge is 0.493 e. The van der Waals surface area contributed by atoms with E-state index in [1.54, 1.807) is 18.2 Å². The van der Waals surface area contributed by atoms with Crippen molar-refractivity contribution in [3.05, 3.63) is 59.0 Å². The number of ether oxygens (including phenoxy) is 2. The number of hydrogen-bond donors (Lipinski definition) is 2. The molecule has 0 aliphatic rings. The second kappa shape index (κ2) is 10.5. The molecular formula is C23H23N3O5S. The molecule has 1 heterocycles. The van der Waals surface area contributed by atoms with Crippen molar-refractivity contribution >= 4 is 34.1 Å². The third-order valence-electron chi connectivity index (χ3n) is 4.47. The van der Waals surface area contributed by atoms with E-state index >= 15 is 0 Å².